The zero-order valence-corrected chi connectivity index (χ0v) is 20.9. The van der Waals surface area contributed by atoms with E-state index in [2.05, 4.69) is 0 Å². The van der Waals surface area contributed by atoms with Crippen molar-refractivity contribution in [3.05, 3.63) is 77.3 Å². The van der Waals surface area contributed by atoms with Crippen molar-refractivity contribution in [2.24, 2.45) is 5.92 Å². The first kappa shape index (κ1) is 23.9. The fourth-order valence-corrected chi connectivity index (χ4v) is 4.95. The van der Waals surface area contributed by atoms with Crippen LogP contribution in [0.5, 0.6) is 0 Å². The van der Waals surface area contributed by atoms with Crippen LogP contribution in [0.4, 0.5) is 0 Å². The van der Waals surface area contributed by atoms with Gasteiger partial charge in [-0.05, 0) is 54.7 Å². The Balaban J connectivity index is 2.29. The van der Waals surface area contributed by atoms with Gasteiger partial charge >= 0.3 is 5.97 Å². The number of rotatable bonds is 4. The summed E-state index contributed by atoms with van der Waals surface area (Å²) in [4.78, 5) is 24.6. The second-order valence-electron chi connectivity index (χ2n) is 8.34. The maximum Gasteiger partial charge on any atom is 0.337 e. The second kappa shape index (κ2) is 8.84. The number of carboxylic acids is 1. The molecule has 0 saturated heterocycles. The number of fused-ring (bicyclic) bond motifs is 2. The van der Waals surface area contributed by atoms with Crippen molar-refractivity contribution in [2.75, 3.05) is 0 Å². The molecule has 1 aliphatic heterocycles. The van der Waals surface area contributed by atoms with E-state index in [4.69, 9.17) is 50.8 Å². The van der Waals surface area contributed by atoms with E-state index in [0.717, 1.165) is 5.56 Å². The van der Waals surface area contributed by atoms with Crippen LogP contribution >= 0.6 is 46.4 Å². The summed E-state index contributed by atoms with van der Waals surface area (Å²) in [5.41, 5.74) is 2.40. The summed E-state index contributed by atoms with van der Waals surface area (Å²) >= 11 is 26.0. The van der Waals surface area contributed by atoms with E-state index in [-0.39, 0.29) is 37.9 Å². The molecule has 0 radical (unpaired) electrons. The molecule has 0 bridgehead atoms. The van der Waals surface area contributed by atoms with E-state index < -0.39 is 11.4 Å². The normalized spacial score (nSPS) is 11.6. The Hall–Kier alpha value is -2.24. The van der Waals surface area contributed by atoms with E-state index >= 15 is 0 Å². The molecular formula is C25H18Cl4O4. The number of aryl methyl sites for hydroxylation is 1. The molecule has 2 aliphatic rings. The van der Waals surface area contributed by atoms with Crippen LogP contribution in [-0.4, -0.2) is 11.1 Å². The Morgan fingerprint density at radius 2 is 1.67 bits per heavy atom. The van der Waals surface area contributed by atoms with E-state index in [1.165, 1.54) is 12.1 Å². The molecule has 0 spiro atoms. The summed E-state index contributed by atoms with van der Waals surface area (Å²) in [5, 5.41) is 11.4. The number of carboxylic acid groups (broad SMARTS) is 1. The van der Waals surface area contributed by atoms with Crippen molar-refractivity contribution >= 4 is 63.3 Å². The molecule has 0 fully saturated rings. The van der Waals surface area contributed by atoms with Gasteiger partial charge in [-0.15, -0.1) is 0 Å². The first-order chi connectivity index (χ1) is 15.5. The highest BCUT2D eigenvalue weighted by molar-refractivity contribution is 6.40. The lowest BCUT2D eigenvalue weighted by atomic mass is 9.88. The smallest absolute Gasteiger partial charge is 0.337 e. The Morgan fingerprint density at radius 3 is 2.30 bits per heavy atom. The number of carbonyl (C=O) groups is 1. The fraction of sp³-hybridized carbons (Fsp3) is 0.200. The van der Waals surface area contributed by atoms with Crippen LogP contribution < -0.4 is 5.43 Å². The monoisotopic (exact) mass is 522 g/mol. The van der Waals surface area contributed by atoms with Crippen molar-refractivity contribution < 1.29 is 14.3 Å². The molecule has 8 heteroatoms. The SMILES string of the molecule is Cc1cc2oc3cc(=O)c(Cl)cc-3c(-c3c(Cl)c(CC(C)C)cc(Cl)c3C(=O)O)c2cc1Cl. The summed E-state index contributed by atoms with van der Waals surface area (Å²) < 4.78 is 6.00. The molecule has 1 aliphatic carbocycles. The molecule has 1 N–H and O–H groups in total. The zero-order chi connectivity index (χ0) is 24.2. The molecule has 0 amide bonds. The summed E-state index contributed by atoms with van der Waals surface area (Å²) in [6.45, 7) is 5.87. The first-order valence-corrected chi connectivity index (χ1v) is 11.6. The van der Waals surface area contributed by atoms with Crippen LogP contribution in [-0.2, 0) is 6.42 Å². The van der Waals surface area contributed by atoms with Crippen molar-refractivity contribution in [1.82, 2.24) is 0 Å². The standard InChI is InChI=1S/C25H18Cl4O4/c1-10(2)4-12-6-17(28)22(25(31)32)23(24(12)29)21-13-7-15(26)11(3)5-19(13)33-20-9-18(30)16(27)8-14(20)21/h5-10H,4H2,1-3H3,(H,31,32). The van der Waals surface area contributed by atoms with E-state index in [9.17, 15) is 14.7 Å². The average molecular weight is 524 g/mol. The minimum atomic E-state index is -1.24. The Morgan fingerprint density at radius 1 is 0.970 bits per heavy atom. The molecule has 2 aromatic rings. The number of hydrogen-bond acceptors (Lipinski definition) is 3. The quantitative estimate of drug-likeness (QED) is 0.273. The maximum absolute atomic E-state index is 12.3. The molecule has 0 atom stereocenters. The van der Waals surface area contributed by atoms with Crippen LogP contribution in [0.3, 0.4) is 0 Å². The van der Waals surface area contributed by atoms with Crippen LogP contribution in [0.1, 0.15) is 35.3 Å². The number of halogens is 4. The van der Waals surface area contributed by atoms with E-state index in [1.807, 2.05) is 20.8 Å². The number of benzene rings is 3. The highest BCUT2D eigenvalue weighted by Gasteiger charge is 2.28. The lowest BCUT2D eigenvalue weighted by molar-refractivity contribution is 0.0698. The lowest BCUT2D eigenvalue weighted by Crippen LogP contribution is -2.08. The van der Waals surface area contributed by atoms with Crippen molar-refractivity contribution in [1.29, 1.82) is 0 Å². The highest BCUT2D eigenvalue weighted by atomic mass is 35.5. The zero-order valence-electron chi connectivity index (χ0n) is 17.9. The van der Waals surface area contributed by atoms with Crippen LogP contribution in [0.25, 0.3) is 33.4 Å². The van der Waals surface area contributed by atoms with Crippen LogP contribution in [0.2, 0.25) is 20.1 Å². The van der Waals surface area contributed by atoms with Gasteiger partial charge in [-0.25, -0.2) is 4.79 Å². The molecule has 0 aromatic heterocycles. The maximum atomic E-state index is 12.3. The van der Waals surface area contributed by atoms with Gasteiger partial charge in [0.1, 0.15) is 11.3 Å². The summed E-state index contributed by atoms with van der Waals surface area (Å²) in [6.07, 6.45) is 0.587. The Kier molecular flexibility index (Phi) is 6.41. The fourth-order valence-electron chi connectivity index (χ4n) is 3.99. The Bertz CT molecular complexity index is 1470. The van der Waals surface area contributed by atoms with Crippen LogP contribution in [0, 0.1) is 12.8 Å². The van der Waals surface area contributed by atoms with Gasteiger partial charge in [0.05, 0.1) is 20.6 Å². The first-order valence-electron chi connectivity index (χ1n) is 10.1. The summed E-state index contributed by atoms with van der Waals surface area (Å²) in [6, 6.07) is 7.74. The molecule has 4 rings (SSSR count). The molecule has 0 saturated carbocycles. The van der Waals surface area contributed by atoms with Crippen molar-refractivity contribution in [3.8, 4) is 22.5 Å². The van der Waals surface area contributed by atoms with Gasteiger partial charge in [0.25, 0.3) is 0 Å². The minimum Gasteiger partial charge on any atom is -0.478 e. The lowest BCUT2D eigenvalue weighted by Gasteiger charge is -2.21. The number of hydrogen-bond donors (Lipinski definition) is 1. The highest BCUT2D eigenvalue weighted by Crippen LogP contribution is 2.48. The van der Waals surface area contributed by atoms with Crippen molar-refractivity contribution in [3.63, 3.8) is 0 Å². The second-order valence-corrected chi connectivity index (χ2v) is 9.94. The van der Waals surface area contributed by atoms with Gasteiger partial charge in [-0.3, -0.25) is 4.79 Å². The third kappa shape index (κ3) is 4.22. The van der Waals surface area contributed by atoms with Crippen molar-refractivity contribution in [2.45, 2.75) is 27.2 Å². The largest absolute Gasteiger partial charge is 0.478 e. The summed E-state index contributed by atoms with van der Waals surface area (Å²) in [5.74, 6) is -0.748. The molecule has 1 heterocycles. The van der Waals surface area contributed by atoms with Gasteiger partial charge in [0.2, 0.25) is 5.43 Å². The molecule has 4 nitrogen and oxygen atoms in total. The third-order valence-electron chi connectivity index (χ3n) is 5.44. The third-order valence-corrected chi connectivity index (χ3v) is 6.87. The minimum absolute atomic E-state index is 0.0334. The summed E-state index contributed by atoms with van der Waals surface area (Å²) in [7, 11) is 0. The molecular weight excluding hydrogens is 506 g/mol. The van der Waals surface area contributed by atoms with Gasteiger partial charge in [-0.1, -0.05) is 60.3 Å². The van der Waals surface area contributed by atoms with Gasteiger partial charge in [-0.2, -0.15) is 0 Å². The van der Waals surface area contributed by atoms with E-state index in [0.29, 0.717) is 39.1 Å². The predicted molar refractivity (Wildman–Crippen MR) is 135 cm³/mol. The number of aromatic carboxylic acids is 1. The Labute approximate surface area is 210 Å². The molecule has 0 unspecified atom stereocenters. The molecule has 170 valence electrons. The van der Waals surface area contributed by atoms with Gasteiger partial charge in [0, 0.05) is 33.2 Å². The average Bonchev–Trinajstić information content (AvgIpc) is 2.71. The van der Waals surface area contributed by atoms with Gasteiger partial charge < -0.3 is 9.52 Å². The molecule has 2 aromatic carbocycles. The van der Waals surface area contributed by atoms with Gasteiger partial charge in [0.15, 0.2) is 0 Å². The van der Waals surface area contributed by atoms with E-state index in [1.54, 1.807) is 18.2 Å². The molecule has 33 heavy (non-hydrogen) atoms. The topological polar surface area (TPSA) is 67.5 Å². The van der Waals surface area contributed by atoms with Crippen LogP contribution in [0.15, 0.2) is 39.5 Å². The predicted octanol–water partition coefficient (Wildman–Crippen LogP) is 8.38.